The highest BCUT2D eigenvalue weighted by Gasteiger charge is 1.94. The van der Waals surface area contributed by atoms with E-state index in [9.17, 15) is 0 Å². The molecule has 3 heteroatoms. The van der Waals surface area contributed by atoms with Crippen LogP contribution in [0, 0.1) is 0 Å². The molecule has 0 saturated heterocycles. The first kappa shape index (κ1) is 5.34. The molecule has 0 radical (unpaired) electrons. The van der Waals surface area contributed by atoms with E-state index in [1.165, 1.54) is 5.06 Å². The van der Waals surface area contributed by atoms with Crippen LogP contribution in [-0.2, 0) is 4.99 Å². The molecule has 0 saturated carbocycles. The Morgan fingerprint density at radius 3 is 2.75 bits per heavy atom. The Bertz CT molecular complexity index is 120. The summed E-state index contributed by atoms with van der Waals surface area (Å²) < 4.78 is 0. The molecular formula is C5H7NO2. The largest absolute Gasteiger partial charge is 0.227 e. The van der Waals surface area contributed by atoms with Crippen molar-refractivity contribution in [2.24, 2.45) is 0 Å². The molecule has 0 bridgehead atoms. The second-order valence-corrected chi connectivity index (χ2v) is 1.45. The summed E-state index contributed by atoms with van der Waals surface area (Å²) in [6.07, 6.45) is 7.17. The van der Waals surface area contributed by atoms with Crippen molar-refractivity contribution < 1.29 is 10.2 Å². The summed E-state index contributed by atoms with van der Waals surface area (Å²) in [6.45, 7) is 0.604. The van der Waals surface area contributed by atoms with Crippen molar-refractivity contribution in [1.29, 1.82) is 0 Å². The second-order valence-electron chi connectivity index (χ2n) is 1.45. The van der Waals surface area contributed by atoms with Gasteiger partial charge >= 0.3 is 0 Å². The van der Waals surface area contributed by atoms with Crippen LogP contribution in [0.1, 0.15) is 0 Å². The van der Waals surface area contributed by atoms with Crippen LogP contribution in [0.25, 0.3) is 0 Å². The van der Waals surface area contributed by atoms with E-state index < -0.39 is 0 Å². The lowest BCUT2D eigenvalue weighted by molar-refractivity contribution is -0.375. The average molecular weight is 113 g/mol. The molecule has 1 heterocycles. The van der Waals surface area contributed by atoms with Gasteiger partial charge in [0.25, 0.3) is 0 Å². The van der Waals surface area contributed by atoms with Crippen molar-refractivity contribution in [3.63, 3.8) is 0 Å². The quantitative estimate of drug-likeness (QED) is 0.403. The van der Waals surface area contributed by atoms with E-state index in [1.54, 1.807) is 12.3 Å². The molecule has 0 spiro atoms. The van der Waals surface area contributed by atoms with Gasteiger partial charge in [-0.3, -0.25) is 0 Å². The van der Waals surface area contributed by atoms with Crippen molar-refractivity contribution in [3.8, 4) is 0 Å². The topological polar surface area (TPSA) is 32.7 Å². The molecule has 0 aliphatic carbocycles. The summed E-state index contributed by atoms with van der Waals surface area (Å²) in [5.41, 5.74) is 0. The van der Waals surface area contributed by atoms with Crippen molar-refractivity contribution >= 4 is 0 Å². The van der Waals surface area contributed by atoms with Crippen LogP contribution >= 0.6 is 0 Å². The third-order valence-corrected chi connectivity index (χ3v) is 0.890. The Hall–Kier alpha value is -0.800. The predicted molar refractivity (Wildman–Crippen MR) is 28.7 cm³/mol. The summed E-state index contributed by atoms with van der Waals surface area (Å²) in [6, 6.07) is 0. The first-order valence-electron chi connectivity index (χ1n) is 2.35. The normalized spacial score (nSPS) is 17.4. The average Bonchev–Trinajstić information content (AvgIpc) is 1.90. The summed E-state index contributed by atoms with van der Waals surface area (Å²) in [5.74, 6) is 0. The van der Waals surface area contributed by atoms with Crippen molar-refractivity contribution in [3.05, 3.63) is 24.4 Å². The molecule has 0 fully saturated rings. The molecule has 0 amide bonds. The highest BCUT2D eigenvalue weighted by molar-refractivity contribution is 5.06. The highest BCUT2D eigenvalue weighted by atomic mass is 17.2. The van der Waals surface area contributed by atoms with Crippen molar-refractivity contribution in [2.75, 3.05) is 6.54 Å². The van der Waals surface area contributed by atoms with Gasteiger partial charge < -0.3 is 0 Å². The van der Waals surface area contributed by atoms with Gasteiger partial charge in [0, 0.05) is 6.20 Å². The molecule has 0 aromatic heterocycles. The van der Waals surface area contributed by atoms with Gasteiger partial charge in [-0.15, -0.1) is 4.99 Å². The van der Waals surface area contributed by atoms with E-state index in [0.29, 0.717) is 6.54 Å². The fraction of sp³-hybridized carbons (Fsp3) is 0.200. The van der Waals surface area contributed by atoms with E-state index in [1.807, 2.05) is 12.2 Å². The molecule has 0 aromatic rings. The van der Waals surface area contributed by atoms with Crippen LogP contribution in [0.4, 0.5) is 0 Å². The lowest BCUT2D eigenvalue weighted by Gasteiger charge is -2.12. The summed E-state index contributed by atoms with van der Waals surface area (Å²) in [7, 11) is 0. The van der Waals surface area contributed by atoms with Gasteiger partial charge in [0.2, 0.25) is 0 Å². The maximum atomic E-state index is 8.03. The van der Waals surface area contributed by atoms with Gasteiger partial charge in [0.1, 0.15) is 0 Å². The standard InChI is InChI=1S/C5H7NO2/c7-8-6-4-2-1-3-5-6/h1-4,7H,5H2. The molecule has 1 N–H and O–H groups in total. The zero-order chi connectivity index (χ0) is 5.82. The summed E-state index contributed by atoms with van der Waals surface area (Å²) >= 11 is 0. The SMILES string of the molecule is OON1C=CC=CC1. The first-order valence-corrected chi connectivity index (χ1v) is 2.35. The fourth-order valence-electron chi connectivity index (χ4n) is 0.510. The van der Waals surface area contributed by atoms with Crippen molar-refractivity contribution in [1.82, 2.24) is 5.06 Å². The van der Waals surface area contributed by atoms with Crippen LogP contribution < -0.4 is 0 Å². The minimum atomic E-state index is 0.604. The van der Waals surface area contributed by atoms with Crippen LogP contribution in [0.3, 0.4) is 0 Å². The molecule has 3 nitrogen and oxygen atoms in total. The number of rotatable bonds is 1. The predicted octanol–water partition coefficient (Wildman–Crippen LogP) is 0.776. The Kier molecular flexibility index (Phi) is 1.66. The third-order valence-electron chi connectivity index (χ3n) is 0.890. The molecule has 1 aliphatic rings. The number of hydroxylamine groups is 2. The second kappa shape index (κ2) is 2.49. The molecule has 0 unspecified atom stereocenters. The lowest BCUT2D eigenvalue weighted by atomic mass is 10.4. The summed E-state index contributed by atoms with van der Waals surface area (Å²) in [4.78, 5) is 3.89. The first-order chi connectivity index (χ1) is 3.93. The number of hydrogen-bond donors (Lipinski definition) is 1. The van der Waals surface area contributed by atoms with E-state index in [2.05, 4.69) is 4.99 Å². The molecule has 1 aliphatic heterocycles. The van der Waals surface area contributed by atoms with Gasteiger partial charge in [-0.25, -0.2) is 10.3 Å². The smallest absolute Gasteiger partial charge is 0.0662 e. The fourth-order valence-corrected chi connectivity index (χ4v) is 0.510. The maximum Gasteiger partial charge on any atom is 0.0662 e. The Morgan fingerprint density at radius 2 is 2.38 bits per heavy atom. The number of hydrogen-bond acceptors (Lipinski definition) is 3. The molecule has 8 heavy (non-hydrogen) atoms. The Labute approximate surface area is 47.4 Å². The zero-order valence-electron chi connectivity index (χ0n) is 4.32. The molecule has 1 rings (SSSR count). The van der Waals surface area contributed by atoms with Gasteiger partial charge in [0.15, 0.2) is 0 Å². The van der Waals surface area contributed by atoms with Gasteiger partial charge in [-0.2, -0.15) is 0 Å². The van der Waals surface area contributed by atoms with Crippen LogP contribution in [0.15, 0.2) is 24.4 Å². The molecule has 0 aromatic carbocycles. The van der Waals surface area contributed by atoms with Crippen LogP contribution in [0.2, 0.25) is 0 Å². The van der Waals surface area contributed by atoms with Gasteiger partial charge in [-0.1, -0.05) is 12.2 Å². The molecule has 44 valence electrons. The van der Waals surface area contributed by atoms with Crippen LogP contribution in [0.5, 0.6) is 0 Å². The highest BCUT2D eigenvalue weighted by Crippen LogP contribution is 1.95. The minimum absolute atomic E-state index is 0.604. The van der Waals surface area contributed by atoms with Crippen molar-refractivity contribution in [2.45, 2.75) is 0 Å². The third kappa shape index (κ3) is 1.08. The monoisotopic (exact) mass is 113 g/mol. The molecular weight excluding hydrogens is 106 g/mol. The van der Waals surface area contributed by atoms with E-state index in [4.69, 9.17) is 5.26 Å². The maximum absolute atomic E-state index is 8.03. The minimum Gasteiger partial charge on any atom is -0.227 e. The number of allylic oxidation sites excluding steroid dienone is 2. The Balaban J connectivity index is 2.40. The lowest BCUT2D eigenvalue weighted by Crippen LogP contribution is -2.16. The van der Waals surface area contributed by atoms with E-state index >= 15 is 0 Å². The van der Waals surface area contributed by atoms with E-state index in [0.717, 1.165) is 0 Å². The van der Waals surface area contributed by atoms with E-state index in [-0.39, 0.29) is 0 Å². The van der Waals surface area contributed by atoms with Gasteiger partial charge in [0.05, 0.1) is 6.54 Å². The van der Waals surface area contributed by atoms with Crippen LogP contribution in [-0.4, -0.2) is 16.9 Å². The number of nitrogens with zero attached hydrogens (tertiary/aromatic N) is 1. The summed E-state index contributed by atoms with van der Waals surface area (Å²) in [5, 5.41) is 9.34. The zero-order valence-corrected chi connectivity index (χ0v) is 4.32. The Morgan fingerprint density at radius 1 is 1.50 bits per heavy atom. The van der Waals surface area contributed by atoms with Gasteiger partial charge in [-0.05, 0) is 6.08 Å². The molecule has 0 atom stereocenters.